The van der Waals surface area contributed by atoms with E-state index in [-0.39, 0.29) is 38.7 Å². The highest BCUT2D eigenvalue weighted by Gasteiger charge is 2.41. The number of aryl methyl sites for hydroxylation is 1. The molecule has 0 radical (unpaired) electrons. The van der Waals surface area contributed by atoms with Crippen LogP contribution in [0.15, 0.2) is 52.7 Å². The van der Waals surface area contributed by atoms with Gasteiger partial charge in [-0.2, -0.15) is 0 Å². The largest absolute Gasteiger partial charge is 0.315 e. The van der Waals surface area contributed by atoms with E-state index in [2.05, 4.69) is 0 Å². The van der Waals surface area contributed by atoms with Crippen molar-refractivity contribution in [2.75, 3.05) is 5.75 Å². The van der Waals surface area contributed by atoms with Crippen molar-refractivity contribution < 1.29 is 32.3 Å². The molecule has 32 heavy (non-hydrogen) atoms. The van der Waals surface area contributed by atoms with E-state index in [4.69, 9.17) is 11.6 Å². The lowest BCUT2D eigenvalue weighted by atomic mass is 9.99. The van der Waals surface area contributed by atoms with E-state index in [1.54, 1.807) is 25.1 Å². The molecule has 0 amide bonds. The molecule has 6 nitrogen and oxygen atoms in total. The number of sulfone groups is 1. The second-order valence-corrected chi connectivity index (χ2v) is 11.3. The van der Waals surface area contributed by atoms with Crippen LogP contribution in [0, 0.1) is 12.7 Å². The van der Waals surface area contributed by atoms with Crippen LogP contribution in [0.1, 0.15) is 27.0 Å². The lowest BCUT2D eigenvalue weighted by Crippen LogP contribution is -2.20. The van der Waals surface area contributed by atoms with E-state index in [0.29, 0.717) is 9.08 Å². The molecule has 0 atom stereocenters. The molecule has 2 heterocycles. The highest BCUT2D eigenvalue weighted by Crippen LogP contribution is 2.30. The summed E-state index contributed by atoms with van der Waals surface area (Å²) in [5.41, 5.74) is 1.25. The Kier molecular flexibility index (Phi) is 5.74. The van der Waals surface area contributed by atoms with E-state index in [1.807, 2.05) is 0 Å². The normalized spacial score (nSPS) is 13.5. The van der Waals surface area contributed by atoms with Crippen molar-refractivity contribution in [1.29, 1.82) is 0 Å². The van der Waals surface area contributed by atoms with Gasteiger partial charge in [0.05, 0.1) is 9.90 Å². The molecular weight excluding hydrogens is 477 g/mol. The zero-order valence-corrected chi connectivity index (χ0v) is 19.0. The summed E-state index contributed by atoms with van der Waals surface area (Å²) in [6.07, 6.45) is -0.304. The number of fused-ring (bicyclic) bond motifs is 1. The molecule has 0 aliphatic carbocycles. The minimum absolute atomic E-state index is 0.00800. The number of hydrogen-bond acceptors (Lipinski definition) is 6. The van der Waals surface area contributed by atoms with Crippen LogP contribution < -0.4 is 0 Å². The van der Waals surface area contributed by atoms with Crippen LogP contribution in [0.4, 0.5) is 10.1 Å². The second-order valence-electron chi connectivity index (χ2n) is 7.36. The molecule has 0 unspecified atom stereocenters. The zero-order valence-electron chi connectivity index (χ0n) is 16.6. The molecule has 0 saturated carbocycles. The smallest absolute Gasteiger partial charge is 0.298 e. The molecule has 1 aromatic heterocycles. The Morgan fingerprint density at radius 3 is 2.50 bits per heavy atom. The van der Waals surface area contributed by atoms with Gasteiger partial charge in [-0.15, -0.1) is 11.3 Å². The van der Waals surface area contributed by atoms with E-state index in [9.17, 15) is 27.6 Å². The van der Waals surface area contributed by atoms with E-state index < -0.39 is 33.0 Å². The van der Waals surface area contributed by atoms with Gasteiger partial charge in [-0.1, -0.05) is 23.7 Å². The van der Waals surface area contributed by atoms with Gasteiger partial charge >= 0.3 is 5.71 Å². The molecule has 164 valence electrons. The Morgan fingerprint density at radius 1 is 1.12 bits per heavy atom. The van der Waals surface area contributed by atoms with E-state index in [0.717, 1.165) is 23.0 Å². The van der Waals surface area contributed by atoms with Crippen molar-refractivity contribution in [3.8, 4) is 0 Å². The number of halogens is 2. The van der Waals surface area contributed by atoms with Crippen LogP contribution in [0.5, 0.6) is 0 Å². The third-order valence-electron chi connectivity index (χ3n) is 4.95. The number of Topliss-reactive ketones (excluding diaryl/α,β-unsaturated/α-hetero) is 2. The standard InChI is InChI=1S/C22H16ClFNO5S2/c1-12-2-4-16-18(8-12)25(28)21(22(16)27)15-5-3-13(10-17(15)24)9-14(26)11-32(29,30)20-7-6-19(23)31-20/h2-8,10,28H,9,11H2,1H3/q+1. The number of hydrogen-bond donors (Lipinski definition) is 1. The number of benzene rings is 2. The van der Waals surface area contributed by atoms with Crippen LogP contribution in [0.2, 0.25) is 4.34 Å². The average Bonchev–Trinajstić information content (AvgIpc) is 3.25. The van der Waals surface area contributed by atoms with Crippen LogP contribution in [-0.2, 0) is 21.1 Å². The number of rotatable bonds is 6. The van der Waals surface area contributed by atoms with Gasteiger partial charge in [0.25, 0.3) is 11.5 Å². The molecule has 1 N–H and O–H groups in total. The summed E-state index contributed by atoms with van der Waals surface area (Å²) in [5.74, 6) is -2.68. The first kappa shape index (κ1) is 22.3. The first-order chi connectivity index (χ1) is 15.1. The maximum Gasteiger partial charge on any atom is 0.315 e. The molecule has 1 aliphatic heterocycles. The number of ketones is 2. The highest BCUT2D eigenvalue weighted by atomic mass is 35.5. The maximum absolute atomic E-state index is 14.9. The number of nitrogens with zero attached hydrogens (tertiary/aromatic N) is 1. The fourth-order valence-corrected chi connectivity index (χ4v) is 6.29. The molecule has 0 saturated heterocycles. The summed E-state index contributed by atoms with van der Waals surface area (Å²) in [4.78, 5) is 25.0. The predicted molar refractivity (Wildman–Crippen MR) is 118 cm³/mol. The van der Waals surface area contributed by atoms with Crippen molar-refractivity contribution in [3.63, 3.8) is 0 Å². The highest BCUT2D eigenvalue weighted by molar-refractivity contribution is 7.94. The van der Waals surface area contributed by atoms with Gasteiger partial charge < -0.3 is 0 Å². The van der Waals surface area contributed by atoms with Crippen molar-refractivity contribution in [2.24, 2.45) is 0 Å². The van der Waals surface area contributed by atoms with E-state index in [1.165, 1.54) is 24.3 Å². The summed E-state index contributed by atoms with van der Waals surface area (Å²) < 4.78 is 40.5. The molecule has 4 rings (SSSR count). The SMILES string of the molecule is Cc1ccc2c(c1)[N+](O)=C(c1ccc(CC(=O)CS(=O)(=O)c3ccc(Cl)s3)cc1F)C2=O. The van der Waals surface area contributed by atoms with Gasteiger partial charge in [0.15, 0.2) is 15.6 Å². The molecule has 0 bridgehead atoms. The second kappa shape index (κ2) is 8.23. The van der Waals surface area contributed by atoms with Gasteiger partial charge in [0.2, 0.25) is 0 Å². The van der Waals surface area contributed by atoms with Crippen molar-refractivity contribution in [1.82, 2.24) is 0 Å². The van der Waals surface area contributed by atoms with Crippen LogP contribution in [0.3, 0.4) is 0 Å². The average molecular weight is 493 g/mol. The molecule has 2 aromatic carbocycles. The summed E-state index contributed by atoms with van der Waals surface area (Å²) in [7, 11) is -3.84. The van der Waals surface area contributed by atoms with Gasteiger partial charge in [-0.3, -0.25) is 14.8 Å². The number of thiophene rings is 1. The summed E-state index contributed by atoms with van der Waals surface area (Å²) in [5, 5.41) is 10.4. The Balaban J connectivity index is 1.56. The summed E-state index contributed by atoms with van der Waals surface area (Å²) in [6.45, 7) is 1.80. The number of carbonyl (C=O) groups is 2. The first-order valence-corrected chi connectivity index (χ1v) is 12.2. The Bertz CT molecular complexity index is 1430. The lowest BCUT2D eigenvalue weighted by molar-refractivity contribution is -0.710. The summed E-state index contributed by atoms with van der Waals surface area (Å²) >= 11 is 6.62. The molecule has 3 aromatic rings. The Labute approximate surface area is 192 Å². The third kappa shape index (κ3) is 4.11. The van der Waals surface area contributed by atoms with Crippen molar-refractivity contribution in [3.05, 3.63) is 80.9 Å². The van der Waals surface area contributed by atoms with Crippen molar-refractivity contribution in [2.45, 2.75) is 17.6 Å². The first-order valence-electron chi connectivity index (χ1n) is 9.37. The lowest BCUT2D eigenvalue weighted by Gasteiger charge is -2.04. The zero-order chi connectivity index (χ0) is 23.2. The number of carbonyl (C=O) groups excluding carboxylic acids is 2. The summed E-state index contributed by atoms with van der Waals surface area (Å²) in [6, 6.07) is 11.4. The quantitative estimate of drug-likeness (QED) is 0.412. The fourth-order valence-electron chi connectivity index (χ4n) is 3.48. The van der Waals surface area contributed by atoms with Gasteiger partial charge in [0.1, 0.15) is 21.3 Å². The van der Waals surface area contributed by atoms with E-state index >= 15 is 0 Å². The fraction of sp³-hybridized carbons (Fsp3) is 0.136. The monoisotopic (exact) mass is 492 g/mol. The van der Waals surface area contributed by atoms with Gasteiger partial charge in [0, 0.05) is 17.2 Å². The van der Waals surface area contributed by atoms with Crippen LogP contribution >= 0.6 is 22.9 Å². The maximum atomic E-state index is 14.9. The molecule has 10 heteroatoms. The van der Waals surface area contributed by atoms with Crippen molar-refractivity contribution >= 4 is 55.7 Å². The Hall–Kier alpha value is -2.88. The van der Waals surface area contributed by atoms with Crippen LogP contribution in [0.25, 0.3) is 0 Å². The minimum atomic E-state index is -3.84. The topological polar surface area (TPSA) is 91.5 Å². The Morgan fingerprint density at radius 2 is 1.84 bits per heavy atom. The van der Waals surface area contributed by atoms with Gasteiger partial charge in [-0.05, 0) is 48.4 Å². The molecule has 0 fully saturated rings. The molecule has 0 spiro atoms. The third-order valence-corrected chi connectivity index (χ3v) is 8.44. The minimum Gasteiger partial charge on any atom is -0.298 e. The molecule has 1 aliphatic rings. The molecular formula is C22H16ClFNO5S2+. The van der Waals surface area contributed by atoms with Crippen LogP contribution in [-0.4, -0.2) is 41.4 Å². The predicted octanol–water partition coefficient (Wildman–Crippen LogP) is 4.15. The van der Waals surface area contributed by atoms with Gasteiger partial charge in [-0.25, -0.2) is 12.8 Å².